The minimum absolute atomic E-state index is 0.0336. The van der Waals surface area contributed by atoms with Gasteiger partial charge in [0.2, 0.25) is 0 Å². The highest BCUT2D eigenvalue weighted by Gasteiger charge is 2.22. The molecule has 0 saturated carbocycles. The molecular formula is C20H22N6O. The predicted octanol–water partition coefficient (Wildman–Crippen LogP) is 2.25. The van der Waals surface area contributed by atoms with Crippen molar-refractivity contribution in [1.82, 2.24) is 29.4 Å². The van der Waals surface area contributed by atoms with Crippen LogP contribution in [0.4, 0.5) is 0 Å². The second kappa shape index (κ2) is 6.85. The number of hydrogen-bond acceptors (Lipinski definition) is 4. The minimum Gasteiger partial charge on any atom is -0.345 e. The van der Waals surface area contributed by atoms with Gasteiger partial charge in [0.05, 0.1) is 17.9 Å². The summed E-state index contributed by atoms with van der Waals surface area (Å²) >= 11 is 0. The lowest BCUT2D eigenvalue weighted by Crippen LogP contribution is -2.31. The normalized spacial score (nSPS) is 12.8. The van der Waals surface area contributed by atoms with Gasteiger partial charge in [0.15, 0.2) is 0 Å². The first kappa shape index (κ1) is 17.2. The summed E-state index contributed by atoms with van der Waals surface area (Å²) in [4.78, 5) is 20.3. The molecule has 0 aliphatic carbocycles. The number of pyridine rings is 2. The van der Waals surface area contributed by atoms with Gasteiger partial charge in [0.25, 0.3) is 5.91 Å². The second-order valence-corrected chi connectivity index (χ2v) is 6.60. The quantitative estimate of drug-likeness (QED) is 0.573. The van der Waals surface area contributed by atoms with Crippen LogP contribution in [0.25, 0.3) is 11.3 Å². The maximum absolute atomic E-state index is 11.6. The SMILES string of the molecule is CNCc1cccc2nc(C)cn12.Cc1nc2cccc3n2c1C(=O)NC3. The number of nitrogens with one attached hydrogen (secondary N) is 2. The minimum atomic E-state index is -0.0336. The van der Waals surface area contributed by atoms with E-state index in [9.17, 15) is 4.79 Å². The maximum atomic E-state index is 11.6. The first-order valence-electron chi connectivity index (χ1n) is 8.92. The number of rotatable bonds is 2. The van der Waals surface area contributed by atoms with Crippen molar-refractivity contribution in [2.24, 2.45) is 0 Å². The van der Waals surface area contributed by atoms with Gasteiger partial charge >= 0.3 is 0 Å². The molecule has 0 unspecified atom stereocenters. The van der Waals surface area contributed by atoms with Crippen molar-refractivity contribution in [1.29, 1.82) is 0 Å². The number of fused-ring (bicyclic) bond motifs is 1. The molecule has 5 heterocycles. The van der Waals surface area contributed by atoms with Gasteiger partial charge < -0.3 is 15.0 Å². The molecule has 7 nitrogen and oxygen atoms in total. The van der Waals surface area contributed by atoms with Gasteiger partial charge in [-0.05, 0) is 45.2 Å². The molecule has 4 aromatic rings. The zero-order valence-electron chi connectivity index (χ0n) is 15.7. The zero-order valence-corrected chi connectivity index (χ0v) is 15.7. The zero-order chi connectivity index (χ0) is 19.0. The molecule has 1 aliphatic rings. The van der Waals surface area contributed by atoms with Crippen LogP contribution < -0.4 is 10.6 Å². The van der Waals surface area contributed by atoms with Crippen LogP contribution in [0.5, 0.6) is 0 Å². The topological polar surface area (TPSA) is 75.7 Å². The Hall–Kier alpha value is -3.19. The van der Waals surface area contributed by atoms with Crippen molar-refractivity contribution in [3.8, 4) is 0 Å². The lowest BCUT2D eigenvalue weighted by Gasteiger charge is -2.15. The average Bonchev–Trinajstić information content (AvgIpc) is 3.20. The van der Waals surface area contributed by atoms with Crippen LogP contribution in [-0.4, -0.2) is 31.7 Å². The second-order valence-electron chi connectivity index (χ2n) is 6.60. The van der Waals surface area contributed by atoms with Crippen molar-refractivity contribution in [2.75, 3.05) is 7.05 Å². The molecule has 0 aromatic carbocycles. The predicted molar refractivity (Wildman–Crippen MR) is 104 cm³/mol. The molecule has 27 heavy (non-hydrogen) atoms. The molecule has 0 bridgehead atoms. The van der Waals surface area contributed by atoms with Crippen molar-refractivity contribution in [3.63, 3.8) is 0 Å². The van der Waals surface area contributed by atoms with Gasteiger partial charge in [-0.2, -0.15) is 0 Å². The molecule has 0 saturated heterocycles. The number of aromatic nitrogens is 4. The molecular weight excluding hydrogens is 340 g/mol. The van der Waals surface area contributed by atoms with Gasteiger partial charge in [-0.15, -0.1) is 0 Å². The third kappa shape index (κ3) is 3.06. The largest absolute Gasteiger partial charge is 0.345 e. The molecule has 1 amide bonds. The Kier molecular flexibility index (Phi) is 4.37. The van der Waals surface area contributed by atoms with E-state index in [2.05, 4.69) is 37.3 Å². The van der Waals surface area contributed by atoms with Crippen LogP contribution in [0.15, 0.2) is 42.6 Å². The monoisotopic (exact) mass is 362 g/mol. The Balaban J connectivity index is 0.000000134. The smallest absolute Gasteiger partial charge is 0.270 e. The Bertz CT molecular complexity index is 1140. The van der Waals surface area contributed by atoms with Gasteiger partial charge in [0.1, 0.15) is 17.0 Å². The van der Waals surface area contributed by atoms with Gasteiger partial charge in [-0.1, -0.05) is 12.1 Å². The van der Waals surface area contributed by atoms with Gasteiger partial charge in [-0.3, -0.25) is 9.20 Å². The fourth-order valence-electron chi connectivity index (χ4n) is 3.45. The Morgan fingerprint density at radius 1 is 1.11 bits per heavy atom. The molecule has 0 spiro atoms. The van der Waals surface area contributed by atoms with Crippen LogP contribution in [0.1, 0.15) is 33.3 Å². The summed E-state index contributed by atoms with van der Waals surface area (Å²) in [5.74, 6) is -0.0336. The first-order valence-corrected chi connectivity index (χ1v) is 8.92. The lowest BCUT2D eigenvalue weighted by molar-refractivity contribution is 0.0935. The Labute approximate surface area is 157 Å². The van der Waals surface area contributed by atoms with Crippen LogP contribution in [0.3, 0.4) is 0 Å². The summed E-state index contributed by atoms with van der Waals surface area (Å²) in [6.07, 6.45) is 2.06. The lowest BCUT2D eigenvalue weighted by atomic mass is 10.2. The summed E-state index contributed by atoms with van der Waals surface area (Å²) < 4.78 is 4.04. The Morgan fingerprint density at radius 2 is 1.89 bits per heavy atom. The van der Waals surface area contributed by atoms with Crippen LogP contribution in [0, 0.1) is 13.8 Å². The van der Waals surface area contributed by atoms with Crippen molar-refractivity contribution < 1.29 is 4.79 Å². The molecule has 5 rings (SSSR count). The molecule has 0 radical (unpaired) electrons. The highest BCUT2D eigenvalue weighted by molar-refractivity contribution is 5.95. The van der Waals surface area contributed by atoms with Crippen LogP contribution in [-0.2, 0) is 13.1 Å². The van der Waals surface area contributed by atoms with Crippen molar-refractivity contribution in [3.05, 3.63) is 71.1 Å². The fourth-order valence-corrected chi connectivity index (χ4v) is 3.45. The number of amides is 1. The van der Waals surface area contributed by atoms with E-state index in [-0.39, 0.29) is 5.91 Å². The van der Waals surface area contributed by atoms with Crippen molar-refractivity contribution >= 4 is 17.2 Å². The molecule has 138 valence electrons. The molecule has 0 atom stereocenters. The van der Waals surface area contributed by atoms with Gasteiger partial charge in [0, 0.05) is 24.1 Å². The average molecular weight is 362 g/mol. The van der Waals surface area contributed by atoms with E-state index in [1.807, 2.05) is 55.6 Å². The van der Waals surface area contributed by atoms with Crippen LogP contribution in [0.2, 0.25) is 0 Å². The number of carbonyl (C=O) groups excluding carboxylic acids is 1. The third-order valence-corrected chi connectivity index (χ3v) is 4.60. The Morgan fingerprint density at radius 3 is 2.70 bits per heavy atom. The number of carbonyl (C=O) groups is 1. The van der Waals surface area contributed by atoms with E-state index in [1.54, 1.807) is 0 Å². The number of aryl methyl sites for hydroxylation is 2. The van der Waals surface area contributed by atoms with E-state index in [4.69, 9.17) is 0 Å². The van der Waals surface area contributed by atoms with E-state index in [0.717, 1.165) is 34.9 Å². The van der Waals surface area contributed by atoms with Crippen LogP contribution >= 0.6 is 0 Å². The number of nitrogens with zero attached hydrogens (tertiary/aromatic N) is 4. The molecule has 0 fully saturated rings. The van der Waals surface area contributed by atoms with E-state index < -0.39 is 0 Å². The van der Waals surface area contributed by atoms with E-state index in [1.165, 1.54) is 5.69 Å². The summed E-state index contributed by atoms with van der Waals surface area (Å²) in [5.41, 5.74) is 6.70. The summed E-state index contributed by atoms with van der Waals surface area (Å²) in [5, 5.41) is 5.96. The third-order valence-electron chi connectivity index (χ3n) is 4.60. The number of imidazole rings is 2. The maximum Gasteiger partial charge on any atom is 0.270 e. The molecule has 1 aliphatic heterocycles. The molecule has 2 N–H and O–H groups in total. The number of hydrogen-bond donors (Lipinski definition) is 2. The summed E-state index contributed by atoms with van der Waals surface area (Å²) in [6, 6.07) is 12.0. The standard InChI is InChI=1S/C10H9N3O.C10H13N3/c1-6-9-10(14)11-5-7-3-2-4-8(12-6)13(7)9;1-8-7-13-9(6-11-2)4-3-5-10(13)12-8/h2-4H,5H2,1H3,(H,11,14);3-5,7,11H,6H2,1-2H3. The van der Waals surface area contributed by atoms with Gasteiger partial charge in [-0.25, -0.2) is 9.97 Å². The first-order chi connectivity index (χ1) is 13.1. The van der Waals surface area contributed by atoms with E-state index >= 15 is 0 Å². The highest BCUT2D eigenvalue weighted by atomic mass is 16.2. The molecule has 4 aromatic heterocycles. The fraction of sp³-hybridized carbons (Fsp3) is 0.250. The van der Waals surface area contributed by atoms with Crippen molar-refractivity contribution in [2.45, 2.75) is 26.9 Å². The highest BCUT2D eigenvalue weighted by Crippen LogP contribution is 2.18. The summed E-state index contributed by atoms with van der Waals surface area (Å²) in [7, 11) is 1.95. The van der Waals surface area contributed by atoms with E-state index in [0.29, 0.717) is 12.2 Å². The summed E-state index contributed by atoms with van der Waals surface area (Å²) in [6.45, 7) is 5.32. The molecule has 7 heteroatoms.